The molecular formula is C22H25N3O3. The van der Waals surface area contributed by atoms with Crippen molar-refractivity contribution in [1.29, 1.82) is 0 Å². The van der Waals surface area contributed by atoms with Crippen molar-refractivity contribution in [3.8, 4) is 5.75 Å². The van der Waals surface area contributed by atoms with Gasteiger partial charge in [-0.15, -0.1) is 0 Å². The summed E-state index contributed by atoms with van der Waals surface area (Å²) in [5.41, 5.74) is 2.57. The minimum Gasteiger partial charge on any atom is -0.486 e. The molecule has 3 aliphatic rings. The third-order valence-electron chi connectivity index (χ3n) is 6.48. The molecule has 6 nitrogen and oxygen atoms in total. The minimum atomic E-state index is -0.256. The van der Waals surface area contributed by atoms with Crippen LogP contribution in [0.4, 0.5) is 0 Å². The molecule has 2 aromatic rings. The second kappa shape index (κ2) is 6.85. The molecule has 2 saturated heterocycles. The van der Waals surface area contributed by atoms with Gasteiger partial charge in [0.1, 0.15) is 23.4 Å². The lowest BCUT2D eigenvalue weighted by Crippen LogP contribution is -2.57. The third kappa shape index (κ3) is 2.87. The number of ether oxygens (including phenoxy) is 2. The lowest BCUT2D eigenvalue weighted by atomic mass is 9.70. The molecule has 1 amide bonds. The first-order chi connectivity index (χ1) is 13.7. The van der Waals surface area contributed by atoms with Gasteiger partial charge < -0.3 is 14.4 Å². The molecule has 2 fully saturated rings. The highest BCUT2D eigenvalue weighted by Gasteiger charge is 2.52. The molecule has 0 saturated carbocycles. The molecular weight excluding hydrogens is 354 g/mol. The Hall–Kier alpha value is -2.47. The molecule has 146 valence electrons. The number of fused-ring (bicyclic) bond motifs is 4. The second-order valence-corrected chi connectivity index (χ2v) is 8.14. The van der Waals surface area contributed by atoms with E-state index in [1.165, 1.54) is 17.5 Å². The number of aryl methyl sites for hydroxylation is 1. The summed E-state index contributed by atoms with van der Waals surface area (Å²) in [4.78, 5) is 22.7. The van der Waals surface area contributed by atoms with Crippen LogP contribution in [-0.2, 0) is 4.74 Å². The molecule has 0 unspecified atom stereocenters. The molecule has 0 aliphatic carbocycles. The van der Waals surface area contributed by atoms with Crippen molar-refractivity contribution in [2.24, 2.45) is 5.92 Å². The van der Waals surface area contributed by atoms with Gasteiger partial charge in [-0.25, -0.2) is 9.97 Å². The van der Waals surface area contributed by atoms with Crippen LogP contribution < -0.4 is 4.74 Å². The van der Waals surface area contributed by atoms with Crippen molar-refractivity contribution in [3.63, 3.8) is 0 Å². The number of aromatic nitrogens is 2. The van der Waals surface area contributed by atoms with E-state index in [-0.39, 0.29) is 17.6 Å². The Balaban J connectivity index is 1.40. The van der Waals surface area contributed by atoms with Gasteiger partial charge in [0, 0.05) is 50.2 Å². The standard InChI is InChI=1S/C22H25N3O3/c1-15-4-5-16-19(13-15)28-22(17-3-2-12-27-20(16)17)7-10-25(11-8-22)21(26)18-6-9-23-14-24-18/h4-6,9,13-14,17,20H,2-3,7-8,10-12H2,1H3/t17-,20+/m0/s1. The maximum absolute atomic E-state index is 12.8. The average molecular weight is 379 g/mol. The number of hydrogen-bond acceptors (Lipinski definition) is 5. The Labute approximate surface area is 164 Å². The summed E-state index contributed by atoms with van der Waals surface area (Å²) in [6, 6.07) is 8.10. The fraction of sp³-hybridized carbons (Fsp3) is 0.500. The van der Waals surface area contributed by atoms with Gasteiger partial charge >= 0.3 is 0 Å². The first-order valence-electron chi connectivity index (χ1n) is 10.1. The van der Waals surface area contributed by atoms with Gasteiger partial charge in [-0.2, -0.15) is 0 Å². The molecule has 0 bridgehead atoms. The van der Waals surface area contributed by atoms with Gasteiger partial charge in [-0.3, -0.25) is 4.79 Å². The highest BCUT2D eigenvalue weighted by atomic mass is 16.5. The van der Waals surface area contributed by atoms with Crippen molar-refractivity contribution in [3.05, 3.63) is 53.6 Å². The normalized spacial score (nSPS) is 25.5. The molecule has 28 heavy (non-hydrogen) atoms. The summed E-state index contributed by atoms with van der Waals surface area (Å²) in [7, 11) is 0. The maximum Gasteiger partial charge on any atom is 0.272 e. The van der Waals surface area contributed by atoms with Crippen LogP contribution in [0.1, 0.15) is 53.4 Å². The summed E-state index contributed by atoms with van der Waals surface area (Å²) < 4.78 is 12.9. The van der Waals surface area contributed by atoms with Gasteiger partial charge in [0.25, 0.3) is 5.91 Å². The minimum absolute atomic E-state index is 0.0271. The second-order valence-electron chi connectivity index (χ2n) is 8.14. The number of benzene rings is 1. The monoisotopic (exact) mass is 379 g/mol. The number of nitrogens with zero attached hydrogens (tertiary/aromatic N) is 3. The van der Waals surface area contributed by atoms with E-state index in [1.54, 1.807) is 12.3 Å². The first kappa shape index (κ1) is 17.6. The Bertz CT molecular complexity index is 878. The SMILES string of the molecule is Cc1ccc2c(c1)OC1(CCN(C(=O)c3ccncn3)CC1)[C@H]1CCCO[C@H]21. The fourth-order valence-electron chi connectivity index (χ4n) is 5.03. The summed E-state index contributed by atoms with van der Waals surface area (Å²) in [5, 5.41) is 0. The molecule has 4 heterocycles. The van der Waals surface area contributed by atoms with Crippen LogP contribution in [0.2, 0.25) is 0 Å². The Morgan fingerprint density at radius 3 is 2.89 bits per heavy atom. The van der Waals surface area contributed by atoms with Gasteiger partial charge in [0.05, 0.1) is 6.10 Å². The number of carbonyl (C=O) groups is 1. The number of hydrogen-bond donors (Lipinski definition) is 0. The van der Waals surface area contributed by atoms with Gasteiger partial charge in [-0.05, 0) is 37.5 Å². The quantitative estimate of drug-likeness (QED) is 0.761. The molecule has 2 atom stereocenters. The Morgan fingerprint density at radius 2 is 2.11 bits per heavy atom. The van der Waals surface area contributed by atoms with E-state index in [9.17, 15) is 4.79 Å². The lowest BCUT2D eigenvalue weighted by Gasteiger charge is -2.53. The molecule has 0 N–H and O–H groups in total. The Morgan fingerprint density at radius 1 is 1.25 bits per heavy atom. The predicted molar refractivity (Wildman–Crippen MR) is 103 cm³/mol. The number of rotatable bonds is 1. The van der Waals surface area contributed by atoms with Crippen molar-refractivity contribution >= 4 is 5.91 Å². The van der Waals surface area contributed by atoms with E-state index in [1.807, 2.05) is 4.90 Å². The molecule has 1 spiro atoms. The van der Waals surface area contributed by atoms with E-state index in [2.05, 4.69) is 35.1 Å². The predicted octanol–water partition coefficient (Wildman–Crippen LogP) is 3.32. The molecule has 1 aromatic heterocycles. The van der Waals surface area contributed by atoms with Gasteiger partial charge in [0.15, 0.2) is 0 Å². The van der Waals surface area contributed by atoms with Crippen molar-refractivity contribution in [2.75, 3.05) is 19.7 Å². The van der Waals surface area contributed by atoms with Crippen molar-refractivity contribution in [2.45, 2.75) is 44.3 Å². The van der Waals surface area contributed by atoms with E-state index < -0.39 is 0 Å². The van der Waals surface area contributed by atoms with Gasteiger partial charge in [-0.1, -0.05) is 12.1 Å². The van der Waals surface area contributed by atoms with E-state index in [0.29, 0.717) is 24.7 Å². The van der Waals surface area contributed by atoms with Crippen molar-refractivity contribution < 1.29 is 14.3 Å². The number of amides is 1. The van der Waals surface area contributed by atoms with Gasteiger partial charge in [0.2, 0.25) is 0 Å². The smallest absolute Gasteiger partial charge is 0.272 e. The van der Waals surface area contributed by atoms with E-state index in [4.69, 9.17) is 9.47 Å². The fourth-order valence-corrected chi connectivity index (χ4v) is 5.03. The third-order valence-corrected chi connectivity index (χ3v) is 6.48. The first-order valence-corrected chi connectivity index (χ1v) is 10.1. The van der Waals surface area contributed by atoms with E-state index in [0.717, 1.165) is 38.0 Å². The van der Waals surface area contributed by atoms with Crippen LogP contribution >= 0.6 is 0 Å². The summed E-state index contributed by atoms with van der Waals surface area (Å²) in [5.74, 6) is 1.27. The Kier molecular flexibility index (Phi) is 4.31. The van der Waals surface area contributed by atoms with Crippen LogP contribution in [0.5, 0.6) is 5.75 Å². The number of piperidine rings is 1. The van der Waals surface area contributed by atoms with Crippen LogP contribution in [0, 0.1) is 12.8 Å². The molecule has 6 heteroatoms. The molecule has 0 radical (unpaired) electrons. The highest BCUT2D eigenvalue weighted by Crippen LogP contribution is 2.53. The van der Waals surface area contributed by atoms with E-state index >= 15 is 0 Å². The number of carbonyl (C=O) groups excluding carboxylic acids is 1. The zero-order valence-electron chi connectivity index (χ0n) is 16.1. The number of likely N-dealkylation sites (tertiary alicyclic amines) is 1. The van der Waals surface area contributed by atoms with Crippen LogP contribution in [-0.4, -0.2) is 46.1 Å². The lowest BCUT2D eigenvalue weighted by molar-refractivity contribution is -0.147. The molecule has 3 aliphatic heterocycles. The summed E-state index contributed by atoms with van der Waals surface area (Å²) in [6.07, 6.45) is 6.95. The zero-order chi connectivity index (χ0) is 19.1. The maximum atomic E-state index is 12.8. The van der Waals surface area contributed by atoms with Crippen LogP contribution in [0.3, 0.4) is 0 Å². The summed E-state index contributed by atoms with van der Waals surface area (Å²) >= 11 is 0. The molecule has 1 aromatic carbocycles. The van der Waals surface area contributed by atoms with Crippen molar-refractivity contribution in [1.82, 2.24) is 14.9 Å². The zero-order valence-corrected chi connectivity index (χ0v) is 16.1. The van der Waals surface area contributed by atoms with Crippen LogP contribution in [0.15, 0.2) is 36.8 Å². The summed E-state index contributed by atoms with van der Waals surface area (Å²) in [6.45, 7) is 4.25. The van der Waals surface area contributed by atoms with Crippen LogP contribution in [0.25, 0.3) is 0 Å². The molecule has 5 rings (SSSR count). The highest BCUT2D eigenvalue weighted by molar-refractivity contribution is 5.92. The average Bonchev–Trinajstić information content (AvgIpc) is 2.74. The topological polar surface area (TPSA) is 64.5 Å². The largest absolute Gasteiger partial charge is 0.486 e.